The van der Waals surface area contributed by atoms with Gasteiger partial charge in [0.2, 0.25) is 0 Å². The van der Waals surface area contributed by atoms with Crippen LogP contribution in [0.4, 0.5) is 4.79 Å². The monoisotopic (exact) mass is 145 g/mol. The predicted molar refractivity (Wildman–Crippen MR) is 34.8 cm³/mol. The average Bonchev–Trinajstić information content (AvgIpc) is 2.13. The van der Waals surface area contributed by atoms with Crippen LogP contribution in [0.25, 0.3) is 0 Å². The number of aliphatic hydroxyl groups excluding tert-OH is 1. The average molecular weight is 145 g/mol. The lowest BCUT2D eigenvalue weighted by Gasteiger charge is -2.07. The summed E-state index contributed by atoms with van der Waals surface area (Å²) in [6.07, 6.45) is 0.723. The van der Waals surface area contributed by atoms with Crippen LogP contribution in [-0.2, 0) is 0 Å². The van der Waals surface area contributed by atoms with E-state index in [0.29, 0.717) is 12.8 Å². The predicted octanol–water partition coefficient (Wildman–Crippen LogP) is 0.167. The number of rotatable bonds is 1. The van der Waals surface area contributed by atoms with Crippen LogP contribution in [0.1, 0.15) is 19.3 Å². The molecule has 0 aromatic carbocycles. The quantitative estimate of drug-likeness (QED) is 0.492. The third-order valence-corrected chi connectivity index (χ3v) is 1.73. The van der Waals surface area contributed by atoms with Gasteiger partial charge in [-0.15, -0.1) is 0 Å². The number of carboxylic acid groups (broad SMARTS) is 1. The van der Waals surface area contributed by atoms with Crippen molar-refractivity contribution in [2.24, 2.45) is 0 Å². The van der Waals surface area contributed by atoms with Gasteiger partial charge < -0.3 is 15.5 Å². The van der Waals surface area contributed by atoms with E-state index in [0.717, 1.165) is 6.42 Å². The molecule has 1 fully saturated rings. The number of hydrogen-bond donors (Lipinski definition) is 3. The van der Waals surface area contributed by atoms with Crippen molar-refractivity contribution >= 4 is 6.09 Å². The highest BCUT2D eigenvalue weighted by molar-refractivity contribution is 5.64. The highest BCUT2D eigenvalue weighted by atomic mass is 16.4. The highest BCUT2D eigenvalue weighted by Crippen LogP contribution is 2.18. The Morgan fingerprint density at radius 3 is 2.60 bits per heavy atom. The van der Waals surface area contributed by atoms with Crippen molar-refractivity contribution in [3.63, 3.8) is 0 Å². The van der Waals surface area contributed by atoms with Crippen molar-refractivity contribution in [2.45, 2.75) is 31.4 Å². The fourth-order valence-corrected chi connectivity index (χ4v) is 1.26. The number of hydrogen-bond acceptors (Lipinski definition) is 2. The maximum absolute atomic E-state index is 10.1. The molecule has 1 amide bonds. The van der Waals surface area contributed by atoms with E-state index in [1.54, 1.807) is 0 Å². The molecule has 2 atom stereocenters. The summed E-state index contributed by atoms with van der Waals surface area (Å²) >= 11 is 0. The summed E-state index contributed by atoms with van der Waals surface area (Å²) in [7, 11) is 0. The fourth-order valence-electron chi connectivity index (χ4n) is 1.26. The molecule has 0 bridgehead atoms. The summed E-state index contributed by atoms with van der Waals surface area (Å²) in [5.41, 5.74) is 0. The van der Waals surface area contributed by atoms with Gasteiger partial charge in [0.25, 0.3) is 0 Å². The van der Waals surface area contributed by atoms with Crippen molar-refractivity contribution < 1.29 is 15.0 Å². The summed E-state index contributed by atoms with van der Waals surface area (Å²) in [6.45, 7) is 0. The lowest BCUT2D eigenvalue weighted by atomic mass is 10.2. The molecule has 4 nitrogen and oxygen atoms in total. The topological polar surface area (TPSA) is 69.6 Å². The molecule has 4 heteroatoms. The summed E-state index contributed by atoms with van der Waals surface area (Å²) in [6, 6.07) is -0.0347. The molecule has 0 heterocycles. The molecule has 1 aliphatic carbocycles. The summed E-state index contributed by atoms with van der Waals surface area (Å²) in [4.78, 5) is 10.1. The maximum atomic E-state index is 10.1. The second kappa shape index (κ2) is 2.88. The highest BCUT2D eigenvalue weighted by Gasteiger charge is 2.23. The molecule has 0 aromatic rings. The van der Waals surface area contributed by atoms with Gasteiger partial charge >= 0.3 is 6.09 Å². The third kappa shape index (κ3) is 1.88. The molecule has 58 valence electrons. The van der Waals surface area contributed by atoms with E-state index in [2.05, 4.69) is 5.32 Å². The summed E-state index contributed by atoms with van der Waals surface area (Å²) in [5, 5.41) is 19.6. The van der Waals surface area contributed by atoms with E-state index in [-0.39, 0.29) is 12.1 Å². The normalized spacial score (nSPS) is 32.1. The molecule has 1 aliphatic rings. The molecule has 3 N–H and O–H groups in total. The van der Waals surface area contributed by atoms with Crippen molar-refractivity contribution in [3.8, 4) is 0 Å². The zero-order chi connectivity index (χ0) is 7.56. The SMILES string of the molecule is O=C(O)N[C@H]1CCC(O)C1. The van der Waals surface area contributed by atoms with Crippen LogP contribution in [0.5, 0.6) is 0 Å². The van der Waals surface area contributed by atoms with Gasteiger partial charge in [0.05, 0.1) is 6.10 Å². The molecule has 0 aromatic heterocycles. The Bertz CT molecular complexity index is 137. The molecule has 0 spiro atoms. The number of amides is 1. The van der Waals surface area contributed by atoms with Gasteiger partial charge in [0.15, 0.2) is 0 Å². The van der Waals surface area contributed by atoms with Crippen LogP contribution in [0.15, 0.2) is 0 Å². The first-order valence-corrected chi connectivity index (χ1v) is 3.36. The largest absolute Gasteiger partial charge is 0.465 e. The van der Waals surface area contributed by atoms with Crippen molar-refractivity contribution in [1.29, 1.82) is 0 Å². The number of nitrogens with one attached hydrogen (secondary N) is 1. The molecule has 0 aliphatic heterocycles. The van der Waals surface area contributed by atoms with Crippen molar-refractivity contribution in [3.05, 3.63) is 0 Å². The molecule has 1 unspecified atom stereocenters. The van der Waals surface area contributed by atoms with E-state index in [1.807, 2.05) is 0 Å². The van der Waals surface area contributed by atoms with Gasteiger partial charge in [-0.1, -0.05) is 0 Å². The Kier molecular flexibility index (Phi) is 2.11. The lowest BCUT2D eigenvalue weighted by Crippen LogP contribution is -2.31. The molecule has 10 heavy (non-hydrogen) atoms. The van der Waals surface area contributed by atoms with Gasteiger partial charge in [-0.2, -0.15) is 0 Å². The smallest absolute Gasteiger partial charge is 0.404 e. The Balaban J connectivity index is 2.24. The van der Waals surface area contributed by atoms with Gasteiger partial charge in [0, 0.05) is 6.04 Å². The van der Waals surface area contributed by atoms with Gasteiger partial charge in [-0.05, 0) is 19.3 Å². The van der Waals surface area contributed by atoms with E-state index in [4.69, 9.17) is 10.2 Å². The van der Waals surface area contributed by atoms with Crippen LogP contribution in [0.3, 0.4) is 0 Å². The van der Waals surface area contributed by atoms with E-state index in [1.165, 1.54) is 0 Å². The molecule has 1 rings (SSSR count). The molecule has 0 radical (unpaired) electrons. The van der Waals surface area contributed by atoms with Gasteiger partial charge in [-0.25, -0.2) is 4.79 Å². The Morgan fingerprint density at radius 2 is 2.20 bits per heavy atom. The second-order valence-corrected chi connectivity index (χ2v) is 2.61. The first-order valence-electron chi connectivity index (χ1n) is 3.36. The Labute approximate surface area is 58.9 Å². The summed E-state index contributed by atoms with van der Waals surface area (Å²) in [5.74, 6) is 0. The third-order valence-electron chi connectivity index (χ3n) is 1.73. The van der Waals surface area contributed by atoms with E-state index < -0.39 is 6.09 Å². The molecule has 0 saturated heterocycles. The Hall–Kier alpha value is -0.770. The standard InChI is InChI=1S/C6H11NO3/c8-5-2-1-4(3-5)7-6(9)10/h4-5,7-8H,1-3H2,(H,9,10)/t4-,5?/m0/s1. The van der Waals surface area contributed by atoms with Crippen LogP contribution in [-0.4, -0.2) is 28.5 Å². The summed E-state index contributed by atoms with van der Waals surface area (Å²) < 4.78 is 0. The zero-order valence-electron chi connectivity index (χ0n) is 5.58. The van der Waals surface area contributed by atoms with Crippen LogP contribution in [0, 0.1) is 0 Å². The first kappa shape index (κ1) is 7.34. The van der Waals surface area contributed by atoms with E-state index >= 15 is 0 Å². The second-order valence-electron chi connectivity index (χ2n) is 2.61. The fraction of sp³-hybridized carbons (Fsp3) is 0.833. The minimum absolute atomic E-state index is 0.0347. The minimum Gasteiger partial charge on any atom is -0.465 e. The van der Waals surface area contributed by atoms with Crippen molar-refractivity contribution in [2.75, 3.05) is 0 Å². The molecular weight excluding hydrogens is 134 g/mol. The van der Waals surface area contributed by atoms with Crippen LogP contribution >= 0.6 is 0 Å². The maximum Gasteiger partial charge on any atom is 0.404 e. The number of carbonyl (C=O) groups is 1. The lowest BCUT2D eigenvalue weighted by molar-refractivity contribution is 0.174. The van der Waals surface area contributed by atoms with Gasteiger partial charge in [-0.3, -0.25) is 0 Å². The molecular formula is C6H11NO3. The van der Waals surface area contributed by atoms with E-state index in [9.17, 15) is 4.79 Å². The van der Waals surface area contributed by atoms with Crippen molar-refractivity contribution in [1.82, 2.24) is 5.32 Å². The number of aliphatic hydroxyl groups is 1. The molecule has 1 saturated carbocycles. The zero-order valence-corrected chi connectivity index (χ0v) is 5.58. The van der Waals surface area contributed by atoms with Crippen LogP contribution in [0.2, 0.25) is 0 Å². The first-order chi connectivity index (χ1) is 4.68. The minimum atomic E-state index is -1.00. The van der Waals surface area contributed by atoms with Gasteiger partial charge in [0.1, 0.15) is 0 Å². The van der Waals surface area contributed by atoms with Crippen LogP contribution < -0.4 is 5.32 Å². The Morgan fingerprint density at radius 1 is 1.50 bits per heavy atom.